The van der Waals surface area contributed by atoms with Gasteiger partial charge in [0.1, 0.15) is 0 Å². The van der Waals surface area contributed by atoms with Gasteiger partial charge < -0.3 is 16.4 Å². The molecular formula is C14H29N3O. The maximum absolute atomic E-state index is 12.3. The van der Waals surface area contributed by atoms with E-state index in [1.165, 1.54) is 0 Å². The molecule has 0 bridgehead atoms. The zero-order valence-corrected chi connectivity index (χ0v) is 12.1. The third-order valence-electron chi connectivity index (χ3n) is 4.09. The molecule has 1 amide bonds. The molecule has 1 saturated carbocycles. The lowest BCUT2D eigenvalue weighted by molar-refractivity contribution is -0.135. The van der Waals surface area contributed by atoms with Crippen LogP contribution in [0, 0.1) is 11.8 Å². The third-order valence-corrected chi connectivity index (χ3v) is 4.09. The van der Waals surface area contributed by atoms with E-state index in [4.69, 9.17) is 11.5 Å². The smallest absolute Gasteiger partial charge is 0.225 e. The fourth-order valence-corrected chi connectivity index (χ4v) is 2.55. The summed E-state index contributed by atoms with van der Waals surface area (Å²) in [6.45, 7) is 4.99. The van der Waals surface area contributed by atoms with Gasteiger partial charge >= 0.3 is 0 Å². The highest BCUT2D eigenvalue weighted by molar-refractivity contribution is 5.78. The summed E-state index contributed by atoms with van der Waals surface area (Å²) in [6.07, 6.45) is 4.85. The number of carbonyl (C=O) groups is 1. The van der Waals surface area contributed by atoms with Crippen LogP contribution in [-0.2, 0) is 4.79 Å². The Kier molecular flexibility index (Phi) is 6.09. The lowest BCUT2D eigenvalue weighted by Crippen LogP contribution is -2.40. The molecule has 0 aromatic carbocycles. The highest BCUT2D eigenvalue weighted by Crippen LogP contribution is 2.24. The van der Waals surface area contributed by atoms with Crippen molar-refractivity contribution in [3.63, 3.8) is 0 Å². The summed E-state index contributed by atoms with van der Waals surface area (Å²) in [5.74, 6) is 0.853. The van der Waals surface area contributed by atoms with Crippen molar-refractivity contribution in [2.75, 3.05) is 13.6 Å². The van der Waals surface area contributed by atoms with Gasteiger partial charge in [0, 0.05) is 31.6 Å². The monoisotopic (exact) mass is 255 g/mol. The van der Waals surface area contributed by atoms with E-state index in [1.807, 2.05) is 11.9 Å². The quantitative estimate of drug-likeness (QED) is 0.778. The minimum Gasteiger partial charge on any atom is -0.345 e. The molecule has 1 fully saturated rings. The molecule has 0 spiro atoms. The molecule has 4 heteroatoms. The fourth-order valence-electron chi connectivity index (χ4n) is 2.55. The summed E-state index contributed by atoms with van der Waals surface area (Å²) < 4.78 is 0. The predicted octanol–water partition coefficient (Wildman–Crippen LogP) is 1.34. The molecule has 0 aliphatic heterocycles. The maximum Gasteiger partial charge on any atom is 0.225 e. The number of nitrogens with zero attached hydrogens (tertiary/aromatic N) is 1. The number of amides is 1. The second kappa shape index (κ2) is 7.10. The Morgan fingerprint density at radius 1 is 1.39 bits per heavy atom. The second-order valence-electron chi connectivity index (χ2n) is 6.08. The zero-order chi connectivity index (χ0) is 13.7. The van der Waals surface area contributed by atoms with Crippen molar-refractivity contribution in [1.29, 1.82) is 0 Å². The number of carbonyl (C=O) groups excluding carboxylic acids is 1. The van der Waals surface area contributed by atoms with Crippen LogP contribution in [0.25, 0.3) is 0 Å². The van der Waals surface area contributed by atoms with E-state index in [-0.39, 0.29) is 23.9 Å². The predicted molar refractivity (Wildman–Crippen MR) is 75.0 cm³/mol. The fraction of sp³-hybridized carbons (Fsp3) is 0.929. The van der Waals surface area contributed by atoms with Gasteiger partial charge in [0.25, 0.3) is 0 Å². The number of hydrogen-bond acceptors (Lipinski definition) is 3. The highest BCUT2D eigenvalue weighted by Gasteiger charge is 2.27. The Balaban J connectivity index is 2.36. The van der Waals surface area contributed by atoms with E-state index in [9.17, 15) is 4.79 Å². The number of rotatable bonds is 5. The summed E-state index contributed by atoms with van der Waals surface area (Å²) in [5, 5.41) is 0. The first-order valence-corrected chi connectivity index (χ1v) is 7.18. The molecule has 4 nitrogen and oxygen atoms in total. The van der Waals surface area contributed by atoms with Crippen molar-refractivity contribution < 1.29 is 4.79 Å². The normalized spacial score (nSPS) is 26.1. The van der Waals surface area contributed by atoms with Crippen molar-refractivity contribution >= 4 is 5.91 Å². The van der Waals surface area contributed by atoms with Crippen LogP contribution in [-0.4, -0.2) is 36.5 Å². The molecule has 1 aliphatic carbocycles. The van der Waals surface area contributed by atoms with Gasteiger partial charge in [-0.3, -0.25) is 4.79 Å². The van der Waals surface area contributed by atoms with Crippen LogP contribution >= 0.6 is 0 Å². The van der Waals surface area contributed by atoms with Gasteiger partial charge in [0.2, 0.25) is 5.91 Å². The molecule has 18 heavy (non-hydrogen) atoms. The van der Waals surface area contributed by atoms with Crippen LogP contribution < -0.4 is 11.5 Å². The Hall–Kier alpha value is -0.610. The maximum atomic E-state index is 12.3. The molecule has 3 atom stereocenters. The first-order valence-electron chi connectivity index (χ1n) is 7.18. The number of nitrogens with two attached hydrogens (primary N) is 2. The van der Waals surface area contributed by atoms with E-state index in [0.717, 1.165) is 38.6 Å². The lowest BCUT2D eigenvalue weighted by Gasteiger charge is -2.30. The average molecular weight is 255 g/mol. The number of hydrogen-bond donors (Lipinski definition) is 2. The van der Waals surface area contributed by atoms with Gasteiger partial charge in [0.15, 0.2) is 0 Å². The standard InChI is InChI=1S/C14H29N3O/c1-10(2)13(16)7-8-17(3)14(18)11-5-4-6-12(15)9-11/h10-13H,4-9,15-16H2,1-3H3. The second-order valence-corrected chi connectivity index (χ2v) is 6.08. The van der Waals surface area contributed by atoms with Gasteiger partial charge in [-0.25, -0.2) is 0 Å². The van der Waals surface area contributed by atoms with E-state index in [0.29, 0.717) is 5.92 Å². The van der Waals surface area contributed by atoms with Crippen molar-refractivity contribution in [2.24, 2.45) is 23.3 Å². The summed E-state index contributed by atoms with van der Waals surface area (Å²) in [5.41, 5.74) is 11.9. The molecular weight excluding hydrogens is 226 g/mol. The minimum absolute atomic E-state index is 0.133. The van der Waals surface area contributed by atoms with Gasteiger partial charge in [0.05, 0.1) is 0 Å². The summed E-state index contributed by atoms with van der Waals surface area (Å²) >= 11 is 0. The van der Waals surface area contributed by atoms with Crippen LogP contribution in [0.5, 0.6) is 0 Å². The molecule has 1 aliphatic rings. The molecule has 0 saturated heterocycles. The van der Waals surface area contributed by atoms with Crippen molar-refractivity contribution in [2.45, 2.75) is 58.0 Å². The van der Waals surface area contributed by atoms with E-state index in [1.54, 1.807) is 0 Å². The SMILES string of the molecule is CC(C)C(N)CCN(C)C(=O)C1CCCC(N)C1. The Labute approximate surface area is 111 Å². The van der Waals surface area contributed by atoms with Gasteiger partial charge in [-0.1, -0.05) is 20.3 Å². The van der Waals surface area contributed by atoms with Crippen LogP contribution in [0.4, 0.5) is 0 Å². The van der Waals surface area contributed by atoms with Crippen LogP contribution in [0.15, 0.2) is 0 Å². The van der Waals surface area contributed by atoms with Crippen molar-refractivity contribution in [3.8, 4) is 0 Å². The molecule has 3 unspecified atom stereocenters. The van der Waals surface area contributed by atoms with E-state index in [2.05, 4.69) is 13.8 Å². The van der Waals surface area contributed by atoms with Crippen LogP contribution in [0.2, 0.25) is 0 Å². The van der Waals surface area contributed by atoms with Crippen LogP contribution in [0.1, 0.15) is 46.0 Å². The summed E-state index contributed by atoms with van der Waals surface area (Å²) in [7, 11) is 1.88. The lowest BCUT2D eigenvalue weighted by atomic mass is 9.85. The third kappa shape index (κ3) is 4.58. The van der Waals surface area contributed by atoms with Gasteiger partial charge in [-0.05, 0) is 31.6 Å². The Morgan fingerprint density at radius 3 is 2.61 bits per heavy atom. The molecule has 0 aromatic rings. The van der Waals surface area contributed by atoms with Crippen LogP contribution in [0.3, 0.4) is 0 Å². The average Bonchev–Trinajstić information content (AvgIpc) is 2.34. The van der Waals surface area contributed by atoms with E-state index < -0.39 is 0 Å². The highest BCUT2D eigenvalue weighted by atomic mass is 16.2. The Bertz CT molecular complexity index is 268. The molecule has 0 heterocycles. The first kappa shape index (κ1) is 15.4. The zero-order valence-electron chi connectivity index (χ0n) is 12.1. The Morgan fingerprint density at radius 2 is 2.06 bits per heavy atom. The minimum atomic E-state index is 0.133. The van der Waals surface area contributed by atoms with E-state index >= 15 is 0 Å². The molecule has 1 rings (SSSR count). The summed E-state index contributed by atoms with van der Waals surface area (Å²) in [6, 6.07) is 0.382. The largest absolute Gasteiger partial charge is 0.345 e. The van der Waals surface area contributed by atoms with Gasteiger partial charge in [-0.15, -0.1) is 0 Å². The van der Waals surface area contributed by atoms with Crippen molar-refractivity contribution in [1.82, 2.24) is 4.90 Å². The molecule has 0 aromatic heterocycles. The topological polar surface area (TPSA) is 72.3 Å². The first-order chi connectivity index (χ1) is 8.41. The van der Waals surface area contributed by atoms with Crippen molar-refractivity contribution in [3.05, 3.63) is 0 Å². The summed E-state index contributed by atoms with van der Waals surface area (Å²) in [4.78, 5) is 14.1. The molecule has 0 radical (unpaired) electrons. The molecule has 4 N–H and O–H groups in total. The van der Waals surface area contributed by atoms with Gasteiger partial charge in [-0.2, -0.15) is 0 Å². The molecule has 106 valence electrons.